The molecule has 7 nitrogen and oxygen atoms in total. The number of ether oxygens (including phenoxy) is 1. The van der Waals surface area contributed by atoms with E-state index in [1.807, 2.05) is 6.92 Å². The SMILES string of the molecule is CCOC(=O)c1cc2c(=O)n3ccccc3nc2n(CC)c1=N. The molecule has 0 aromatic carbocycles. The van der Waals surface area contributed by atoms with Gasteiger partial charge in [-0.25, -0.2) is 9.78 Å². The van der Waals surface area contributed by atoms with Crippen molar-refractivity contribution in [2.75, 3.05) is 6.61 Å². The zero-order valence-corrected chi connectivity index (χ0v) is 12.9. The summed E-state index contributed by atoms with van der Waals surface area (Å²) >= 11 is 0. The summed E-state index contributed by atoms with van der Waals surface area (Å²) in [6, 6.07) is 6.65. The number of aryl methyl sites for hydroxylation is 1. The smallest absolute Gasteiger partial charge is 0.341 e. The average Bonchev–Trinajstić information content (AvgIpc) is 2.55. The van der Waals surface area contributed by atoms with E-state index in [4.69, 9.17) is 10.1 Å². The molecule has 0 aliphatic rings. The van der Waals surface area contributed by atoms with Crippen LogP contribution in [0.2, 0.25) is 0 Å². The molecule has 0 spiro atoms. The summed E-state index contributed by atoms with van der Waals surface area (Å²) in [5.41, 5.74) is 0.664. The normalized spacial score (nSPS) is 11.0. The molecule has 3 aromatic heterocycles. The lowest BCUT2D eigenvalue weighted by Crippen LogP contribution is -2.30. The fourth-order valence-electron chi connectivity index (χ4n) is 2.56. The highest BCUT2D eigenvalue weighted by molar-refractivity contribution is 5.93. The van der Waals surface area contributed by atoms with Crippen molar-refractivity contribution in [3.63, 3.8) is 0 Å². The zero-order valence-electron chi connectivity index (χ0n) is 12.9. The Morgan fingerprint density at radius 1 is 1.35 bits per heavy atom. The number of esters is 1. The third-order valence-electron chi connectivity index (χ3n) is 3.63. The second-order valence-electron chi connectivity index (χ2n) is 4.95. The van der Waals surface area contributed by atoms with Gasteiger partial charge in [0.15, 0.2) is 0 Å². The number of hydrogen-bond acceptors (Lipinski definition) is 5. The van der Waals surface area contributed by atoms with Crippen molar-refractivity contribution in [2.24, 2.45) is 0 Å². The van der Waals surface area contributed by atoms with Crippen molar-refractivity contribution >= 4 is 22.6 Å². The summed E-state index contributed by atoms with van der Waals surface area (Å²) in [6.07, 6.45) is 1.62. The summed E-state index contributed by atoms with van der Waals surface area (Å²) in [5, 5.41) is 8.52. The summed E-state index contributed by atoms with van der Waals surface area (Å²) < 4.78 is 7.94. The van der Waals surface area contributed by atoms with Crippen LogP contribution >= 0.6 is 0 Å². The number of carbonyl (C=O) groups excluding carboxylic acids is 1. The Bertz CT molecular complexity index is 1030. The molecule has 7 heteroatoms. The first kappa shape index (κ1) is 15.0. The highest BCUT2D eigenvalue weighted by atomic mass is 16.5. The fourth-order valence-corrected chi connectivity index (χ4v) is 2.56. The van der Waals surface area contributed by atoms with Gasteiger partial charge in [0.25, 0.3) is 5.56 Å². The van der Waals surface area contributed by atoms with Crippen LogP contribution in [-0.2, 0) is 11.3 Å². The second-order valence-corrected chi connectivity index (χ2v) is 4.95. The topological polar surface area (TPSA) is 89.4 Å². The number of carbonyl (C=O) groups is 1. The van der Waals surface area contributed by atoms with Crippen LogP contribution in [0.4, 0.5) is 0 Å². The minimum atomic E-state index is -0.612. The van der Waals surface area contributed by atoms with Gasteiger partial charge in [0.1, 0.15) is 22.3 Å². The maximum absolute atomic E-state index is 12.7. The first-order valence-corrected chi connectivity index (χ1v) is 7.35. The van der Waals surface area contributed by atoms with Crippen LogP contribution in [0.5, 0.6) is 0 Å². The van der Waals surface area contributed by atoms with Crippen LogP contribution < -0.4 is 11.0 Å². The van der Waals surface area contributed by atoms with E-state index in [-0.39, 0.29) is 28.6 Å². The number of pyridine rings is 2. The standard InChI is InChI=1S/C16H16N4O3/c1-3-19-13(17)10(16(22)23-4-2)9-11-14(19)18-12-7-5-6-8-20(12)15(11)21/h5-9,17H,3-4H2,1-2H3. The minimum absolute atomic E-state index is 0.00867. The quantitative estimate of drug-likeness (QED) is 0.583. The molecule has 0 fully saturated rings. The number of hydrogen-bond donors (Lipinski definition) is 1. The summed E-state index contributed by atoms with van der Waals surface area (Å²) in [6.45, 7) is 4.15. The van der Waals surface area contributed by atoms with E-state index in [0.717, 1.165) is 0 Å². The van der Waals surface area contributed by atoms with Gasteiger partial charge >= 0.3 is 5.97 Å². The molecule has 0 aliphatic heterocycles. The predicted octanol–water partition coefficient (Wildman–Crippen LogP) is 1.33. The number of fused-ring (bicyclic) bond motifs is 2. The Balaban J connectivity index is 2.48. The van der Waals surface area contributed by atoms with Crippen LogP contribution in [-0.4, -0.2) is 26.5 Å². The molecule has 0 radical (unpaired) electrons. The van der Waals surface area contributed by atoms with E-state index >= 15 is 0 Å². The maximum Gasteiger partial charge on any atom is 0.341 e. The molecule has 118 valence electrons. The Kier molecular flexibility index (Phi) is 3.69. The monoisotopic (exact) mass is 312 g/mol. The third kappa shape index (κ3) is 2.30. The third-order valence-corrected chi connectivity index (χ3v) is 3.63. The van der Waals surface area contributed by atoms with Crippen molar-refractivity contribution in [3.8, 4) is 0 Å². The largest absolute Gasteiger partial charge is 0.462 e. The van der Waals surface area contributed by atoms with Gasteiger partial charge in [0.05, 0.1) is 12.0 Å². The van der Waals surface area contributed by atoms with E-state index in [2.05, 4.69) is 4.98 Å². The van der Waals surface area contributed by atoms with Crippen molar-refractivity contribution in [2.45, 2.75) is 20.4 Å². The van der Waals surface area contributed by atoms with Crippen molar-refractivity contribution in [3.05, 3.63) is 51.9 Å². The molecule has 0 bridgehead atoms. The van der Waals surface area contributed by atoms with Crippen LogP contribution in [0.1, 0.15) is 24.2 Å². The number of nitrogens with zero attached hydrogens (tertiary/aromatic N) is 3. The van der Waals surface area contributed by atoms with Crippen molar-refractivity contribution < 1.29 is 9.53 Å². The van der Waals surface area contributed by atoms with E-state index in [0.29, 0.717) is 17.8 Å². The summed E-state index contributed by atoms with van der Waals surface area (Å²) in [5.74, 6) is -0.612. The van der Waals surface area contributed by atoms with E-state index in [9.17, 15) is 9.59 Å². The number of rotatable bonds is 3. The van der Waals surface area contributed by atoms with Crippen LogP contribution in [0.3, 0.4) is 0 Å². The molecule has 23 heavy (non-hydrogen) atoms. The van der Waals surface area contributed by atoms with Gasteiger partial charge in [-0.1, -0.05) is 6.07 Å². The highest BCUT2D eigenvalue weighted by Gasteiger charge is 2.17. The van der Waals surface area contributed by atoms with Crippen molar-refractivity contribution in [1.29, 1.82) is 5.41 Å². The van der Waals surface area contributed by atoms with Crippen molar-refractivity contribution in [1.82, 2.24) is 14.0 Å². The molecular formula is C16H16N4O3. The molecular weight excluding hydrogens is 296 g/mol. The lowest BCUT2D eigenvalue weighted by molar-refractivity contribution is 0.0523. The van der Waals surface area contributed by atoms with Gasteiger partial charge in [-0.3, -0.25) is 14.6 Å². The predicted molar refractivity (Wildman–Crippen MR) is 84.4 cm³/mol. The molecule has 3 heterocycles. The van der Waals surface area contributed by atoms with E-state index < -0.39 is 5.97 Å². The molecule has 0 atom stereocenters. The Hall–Kier alpha value is -2.96. The van der Waals surface area contributed by atoms with Gasteiger partial charge in [-0.05, 0) is 32.0 Å². The van der Waals surface area contributed by atoms with Crippen LogP contribution in [0, 0.1) is 5.41 Å². The first-order chi connectivity index (χ1) is 11.1. The molecule has 3 rings (SSSR count). The number of aromatic nitrogens is 3. The Morgan fingerprint density at radius 2 is 2.13 bits per heavy atom. The Labute approximate surface area is 131 Å². The molecule has 0 saturated heterocycles. The second kappa shape index (κ2) is 5.68. The van der Waals surface area contributed by atoms with Crippen LogP contribution in [0.15, 0.2) is 35.3 Å². The van der Waals surface area contributed by atoms with E-state index in [1.165, 1.54) is 15.0 Å². The van der Waals surface area contributed by atoms with Gasteiger partial charge < -0.3 is 9.30 Å². The number of nitrogens with one attached hydrogen (secondary N) is 1. The zero-order chi connectivity index (χ0) is 16.6. The Morgan fingerprint density at radius 3 is 2.83 bits per heavy atom. The maximum atomic E-state index is 12.7. The van der Waals surface area contributed by atoms with Gasteiger partial charge in [0, 0.05) is 12.7 Å². The first-order valence-electron chi connectivity index (χ1n) is 7.35. The van der Waals surface area contributed by atoms with Crippen LogP contribution in [0.25, 0.3) is 16.7 Å². The molecule has 0 saturated carbocycles. The molecule has 1 N–H and O–H groups in total. The van der Waals surface area contributed by atoms with E-state index in [1.54, 1.807) is 31.3 Å². The van der Waals surface area contributed by atoms with Gasteiger partial charge in [-0.2, -0.15) is 0 Å². The summed E-state index contributed by atoms with van der Waals surface area (Å²) in [7, 11) is 0. The molecule has 3 aromatic rings. The highest BCUT2D eigenvalue weighted by Crippen LogP contribution is 2.10. The van der Waals surface area contributed by atoms with Gasteiger partial charge in [-0.15, -0.1) is 0 Å². The molecule has 0 unspecified atom stereocenters. The summed E-state index contributed by atoms with van der Waals surface area (Å²) in [4.78, 5) is 29.2. The fraction of sp³-hybridized carbons (Fsp3) is 0.250. The lowest BCUT2D eigenvalue weighted by atomic mass is 10.2. The van der Waals surface area contributed by atoms with Gasteiger partial charge in [0.2, 0.25) is 0 Å². The average molecular weight is 312 g/mol. The minimum Gasteiger partial charge on any atom is -0.462 e. The lowest BCUT2D eigenvalue weighted by Gasteiger charge is -2.12. The molecule has 0 aliphatic carbocycles. The molecule has 0 amide bonds.